The number of nitrogens with zero attached hydrogens (tertiary/aromatic N) is 1. The van der Waals surface area contributed by atoms with Crippen LogP contribution in [0.4, 0.5) is 0 Å². The third kappa shape index (κ3) is 8.96. The molecule has 0 heterocycles. The van der Waals surface area contributed by atoms with Crippen LogP contribution in [0.3, 0.4) is 0 Å². The Morgan fingerprint density at radius 2 is 1.53 bits per heavy atom. The van der Waals surface area contributed by atoms with Crippen molar-refractivity contribution in [3.63, 3.8) is 0 Å². The molecular formula is C15H33NS. The van der Waals surface area contributed by atoms with Gasteiger partial charge in [0.05, 0.1) is 0 Å². The summed E-state index contributed by atoms with van der Waals surface area (Å²) in [6.45, 7) is 11.9. The number of unbranched alkanes of at least 4 members (excludes halogenated alkanes) is 3. The van der Waals surface area contributed by atoms with E-state index in [0.717, 1.165) is 17.7 Å². The van der Waals surface area contributed by atoms with Crippen LogP contribution in [0.1, 0.15) is 66.2 Å². The molecule has 17 heavy (non-hydrogen) atoms. The Bertz CT molecular complexity index is 155. The molecule has 0 fully saturated rings. The first kappa shape index (κ1) is 17.3. The summed E-state index contributed by atoms with van der Waals surface area (Å²) in [7, 11) is 0. The lowest BCUT2D eigenvalue weighted by molar-refractivity contribution is 0.162. The molecule has 0 aliphatic carbocycles. The van der Waals surface area contributed by atoms with E-state index in [1.165, 1.54) is 51.6 Å². The van der Waals surface area contributed by atoms with E-state index in [4.69, 9.17) is 0 Å². The standard InChI is InChI=1S/C15H33NS/c1-5-15(6-2)16(13-14(3)4)11-9-7-8-10-12-17/h14-15,17H,5-13H2,1-4H3. The molecule has 0 bridgehead atoms. The summed E-state index contributed by atoms with van der Waals surface area (Å²) >= 11 is 4.26. The summed E-state index contributed by atoms with van der Waals surface area (Å²) in [5.41, 5.74) is 0. The van der Waals surface area contributed by atoms with Crippen LogP contribution >= 0.6 is 12.6 Å². The first-order chi connectivity index (χ1) is 8.15. The lowest BCUT2D eigenvalue weighted by Gasteiger charge is -2.32. The summed E-state index contributed by atoms with van der Waals surface area (Å²) in [5, 5.41) is 0. The molecule has 2 heteroatoms. The highest BCUT2D eigenvalue weighted by Crippen LogP contribution is 2.13. The van der Waals surface area contributed by atoms with E-state index in [1.54, 1.807) is 0 Å². The molecule has 0 aliphatic heterocycles. The second-order valence-corrected chi connectivity index (χ2v) is 5.94. The first-order valence-corrected chi connectivity index (χ1v) is 8.13. The molecule has 0 aromatic rings. The van der Waals surface area contributed by atoms with Gasteiger partial charge in [-0.25, -0.2) is 0 Å². The number of thiol groups is 1. The number of hydrogen-bond acceptors (Lipinski definition) is 2. The van der Waals surface area contributed by atoms with Crippen LogP contribution in [-0.2, 0) is 0 Å². The average Bonchev–Trinajstić information content (AvgIpc) is 2.29. The molecule has 0 aliphatic rings. The highest BCUT2D eigenvalue weighted by Gasteiger charge is 2.15. The van der Waals surface area contributed by atoms with Gasteiger partial charge in [-0.2, -0.15) is 12.6 Å². The van der Waals surface area contributed by atoms with Crippen molar-refractivity contribution >= 4 is 12.6 Å². The van der Waals surface area contributed by atoms with E-state index >= 15 is 0 Å². The average molecular weight is 260 g/mol. The highest BCUT2D eigenvalue weighted by molar-refractivity contribution is 7.80. The van der Waals surface area contributed by atoms with Crippen LogP contribution in [0.2, 0.25) is 0 Å². The van der Waals surface area contributed by atoms with Gasteiger partial charge >= 0.3 is 0 Å². The molecule has 0 saturated carbocycles. The molecule has 0 aromatic carbocycles. The predicted octanol–water partition coefficient (Wildman–Crippen LogP) is 4.62. The van der Waals surface area contributed by atoms with Crippen molar-refractivity contribution in [2.75, 3.05) is 18.8 Å². The lowest BCUT2D eigenvalue weighted by Crippen LogP contribution is -2.38. The van der Waals surface area contributed by atoms with Crippen molar-refractivity contribution in [3.8, 4) is 0 Å². The zero-order valence-electron chi connectivity index (χ0n) is 12.4. The van der Waals surface area contributed by atoms with E-state index in [9.17, 15) is 0 Å². The van der Waals surface area contributed by atoms with E-state index in [-0.39, 0.29) is 0 Å². The maximum absolute atomic E-state index is 4.26. The van der Waals surface area contributed by atoms with Crippen molar-refractivity contribution in [1.82, 2.24) is 4.90 Å². The maximum atomic E-state index is 4.26. The van der Waals surface area contributed by atoms with E-state index < -0.39 is 0 Å². The monoisotopic (exact) mass is 259 g/mol. The summed E-state index contributed by atoms with van der Waals surface area (Å²) in [5.74, 6) is 1.83. The molecule has 104 valence electrons. The van der Waals surface area contributed by atoms with Gasteiger partial charge in [-0.05, 0) is 43.9 Å². The Hall–Kier alpha value is 0.310. The zero-order chi connectivity index (χ0) is 13.1. The van der Waals surface area contributed by atoms with Gasteiger partial charge in [0, 0.05) is 12.6 Å². The van der Waals surface area contributed by atoms with Crippen molar-refractivity contribution in [1.29, 1.82) is 0 Å². The molecule has 0 aromatic heterocycles. The third-order valence-corrected chi connectivity index (χ3v) is 3.73. The molecule has 0 amide bonds. The summed E-state index contributed by atoms with van der Waals surface area (Å²) in [6.07, 6.45) is 7.94. The minimum atomic E-state index is 0.785. The topological polar surface area (TPSA) is 3.24 Å². The fourth-order valence-electron chi connectivity index (χ4n) is 2.48. The van der Waals surface area contributed by atoms with Crippen molar-refractivity contribution in [3.05, 3.63) is 0 Å². The second-order valence-electron chi connectivity index (χ2n) is 5.50. The molecule has 1 nitrogen and oxygen atoms in total. The van der Waals surface area contributed by atoms with Gasteiger partial charge in [0.2, 0.25) is 0 Å². The first-order valence-electron chi connectivity index (χ1n) is 7.50. The molecule has 0 spiro atoms. The van der Waals surface area contributed by atoms with Crippen LogP contribution in [0, 0.1) is 5.92 Å². The quantitative estimate of drug-likeness (QED) is 0.418. The molecule has 0 unspecified atom stereocenters. The minimum absolute atomic E-state index is 0.785. The fourth-order valence-corrected chi connectivity index (χ4v) is 2.70. The molecule has 0 N–H and O–H groups in total. The molecule has 0 saturated heterocycles. The van der Waals surface area contributed by atoms with Crippen molar-refractivity contribution in [2.45, 2.75) is 72.3 Å². The van der Waals surface area contributed by atoms with Crippen LogP contribution in [-0.4, -0.2) is 29.8 Å². The van der Waals surface area contributed by atoms with Gasteiger partial charge in [-0.3, -0.25) is 0 Å². The molecular weight excluding hydrogens is 226 g/mol. The lowest BCUT2D eigenvalue weighted by atomic mass is 10.1. The van der Waals surface area contributed by atoms with Gasteiger partial charge < -0.3 is 4.90 Å². The van der Waals surface area contributed by atoms with Gasteiger partial charge in [0.1, 0.15) is 0 Å². The van der Waals surface area contributed by atoms with E-state index in [0.29, 0.717) is 0 Å². The SMILES string of the molecule is CCC(CC)N(CCCCCCS)CC(C)C. The van der Waals surface area contributed by atoms with Gasteiger partial charge in [-0.15, -0.1) is 0 Å². The van der Waals surface area contributed by atoms with Crippen LogP contribution in [0.25, 0.3) is 0 Å². The Morgan fingerprint density at radius 3 is 2.00 bits per heavy atom. The zero-order valence-corrected chi connectivity index (χ0v) is 13.3. The third-order valence-electron chi connectivity index (χ3n) is 3.41. The van der Waals surface area contributed by atoms with Crippen LogP contribution < -0.4 is 0 Å². The normalized spacial score (nSPS) is 12.0. The Labute approximate surface area is 115 Å². The van der Waals surface area contributed by atoms with Gasteiger partial charge in [0.15, 0.2) is 0 Å². The predicted molar refractivity (Wildman–Crippen MR) is 83.1 cm³/mol. The van der Waals surface area contributed by atoms with Crippen molar-refractivity contribution in [2.24, 2.45) is 5.92 Å². The van der Waals surface area contributed by atoms with E-state index in [2.05, 4.69) is 45.2 Å². The Morgan fingerprint density at radius 1 is 0.941 bits per heavy atom. The summed E-state index contributed by atoms with van der Waals surface area (Å²) in [4.78, 5) is 2.71. The van der Waals surface area contributed by atoms with Crippen LogP contribution in [0.5, 0.6) is 0 Å². The summed E-state index contributed by atoms with van der Waals surface area (Å²) < 4.78 is 0. The van der Waals surface area contributed by atoms with Crippen molar-refractivity contribution < 1.29 is 0 Å². The number of hydrogen-bond donors (Lipinski definition) is 1. The Balaban J connectivity index is 3.92. The van der Waals surface area contributed by atoms with E-state index in [1.807, 2.05) is 0 Å². The molecule has 0 radical (unpaired) electrons. The second kappa shape index (κ2) is 11.4. The summed E-state index contributed by atoms with van der Waals surface area (Å²) in [6, 6.07) is 0.794. The minimum Gasteiger partial charge on any atom is -0.300 e. The van der Waals surface area contributed by atoms with Gasteiger partial charge in [0.25, 0.3) is 0 Å². The molecule has 0 rings (SSSR count). The smallest absolute Gasteiger partial charge is 0.00901 e. The fraction of sp³-hybridized carbons (Fsp3) is 1.00. The maximum Gasteiger partial charge on any atom is 0.00901 e. The molecule has 0 atom stereocenters. The largest absolute Gasteiger partial charge is 0.300 e. The highest BCUT2D eigenvalue weighted by atomic mass is 32.1. The Kier molecular flexibility index (Phi) is 11.6. The number of rotatable bonds is 11. The van der Waals surface area contributed by atoms with Crippen LogP contribution in [0.15, 0.2) is 0 Å². The van der Waals surface area contributed by atoms with Gasteiger partial charge in [-0.1, -0.05) is 40.5 Å².